The number of benzene rings is 2. The number of aliphatic imine (C=N–C) groups is 1. The van der Waals surface area contributed by atoms with E-state index in [1.54, 1.807) is 0 Å². The van der Waals surface area contributed by atoms with Crippen molar-refractivity contribution in [1.82, 2.24) is 0 Å². The summed E-state index contributed by atoms with van der Waals surface area (Å²) in [7, 11) is 0. The number of nitrogens with zero attached hydrogens (tertiary/aromatic N) is 2. The molecule has 0 N–H and O–H groups in total. The topological polar surface area (TPSA) is 15.6 Å². The molecule has 18 heavy (non-hydrogen) atoms. The Labute approximate surface area is 115 Å². The quantitative estimate of drug-likeness (QED) is 0.825. The largest absolute Gasteiger partial charge is 0.324 e. The Morgan fingerprint density at radius 1 is 0.944 bits per heavy atom. The summed E-state index contributed by atoms with van der Waals surface area (Å²) in [6, 6.07) is 18.7. The predicted molar refractivity (Wildman–Crippen MR) is 79.3 cm³/mol. The number of hydrogen-bond donors (Lipinski definition) is 0. The maximum Gasteiger partial charge on any atom is 0.135 e. The number of halogens is 1. The minimum atomic E-state index is 0.861. The third-order valence-corrected chi connectivity index (χ3v) is 3.54. The van der Waals surface area contributed by atoms with Crippen LogP contribution in [0.5, 0.6) is 0 Å². The molecule has 0 atom stereocenters. The van der Waals surface area contributed by atoms with Crippen molar-refractivity contribution in [3.8, 4) is 0 Å². The fourth-order valence-corrected chi connectivity index (χ4v) is 2.42. The van der Waals surface area contributed by atoms with E-state index >= 15 is 0 Å². The van der Waals surface area contributed by atoms with E-state index in [9.17, 15) is 0 Å². The molecule has 2 aromatic rings. The van der Waals surface area contributed by atoms with E-state index in [1.807, 2.05) is 6.07 Å². The van der Waals surface area contributed by atoms with E-state index in [2.05, 4.69) is 74.4 Å². The van der Waals surface area contributed by atoms with Crippen molar-refractivity contribution in [3.05, 3.63) is 64.6 Å². The Morgan fingerprint density at radius 2 is 1.67 bits per heavy atom. The Bertz CT molecular complexity index is 561. The molecule has 2 nitrogen and oxygen atoms in total. The summed E-state index contributed by atoms with van der Waals surface area (Å²) in [5.74, 6) is 1.07. The highest BCUT2D eigenvalue weighted by atomic mass is 79.9. The lowest BCUT2D eigenvalue weighted by Gasteiger charge is -2.20. The molecule has 1 heterocycles. The first-order valence-corrected chi connectivity index (χ1v) is 6.77. The lowest BCUT2D eigenvalue weighted by Crippen LogP contribution is -2.27. The number of hydrogen-bond acceptors (Lipinski definition) is 2. The normalized spacial score (nSPS) is 14.7. The van der Waals surface area contributed by atoms with Gasteiger partial charge in [0.05, 0.1) is 6.54 Å². The monoisotopic (exact) mass is 300 g/mol. The van der Waals surface area contributed by atoms with Crippen LogP contribution in [0.15, 0.2) is 64.1 Å². The molecule has 0 spiro atoms. The summed E-state index contributed by atoms with van der Waals surface area (Å²) in [6.45, 7) is 1.81. The average molecular weight is 301 g/mol. The molecule has 0 aliphatic carbocycles. The fraction of sp³-hybridized carbons (Fsp3) is 0.133. The Balaban J connectivity index is 1.94. The first kappa shape index (κ1) is 11.5. The van der Waals surface area contributed by atoms with E-state index < -0.39 is 0 Å². The van der Waals surface area contributed by atoms with Gasteiger partial charge in [-0.3, -0.25) is 4.99 Å². The molecule has 0 saturated carbocycles. The van der Waals surface area contributed by atoms with Gasteiger partial charge in [-0.05, 0) is 24.3 Å². The third kappa shape index (κ3) is 2.18. The van der Waals surface area contributed by atoms with E-state index in [0.717, 1.165) is 23.4 Å². The van der Waals surface area contributed by atoms with Crippen molar-refractivity contribution in [1.29, 1.82) is 0 Å². The highest BCUT2D eigenvalue weighted by Crippen LogP contribution is 2.23. The molecule has 90 valence electrons. The summed E-state index contributed by atoms with van der Waals surface area (Å²) >= 11 is 3.47. The van der Waals surface area contributed by atoms with Crippen LogP contribution >= 0.6 is 15.9 Å². The molecular formula is C15H13BrN2. The molecule has 0 saturated heterocycles. The standard InChI is InChI=1S/C15H13BrN2/c16-13-6-8-14(9-7-13)18-11-10-17-15(18)12-4-2-1-3-5-12/h1-9H,10-11H2. The van der Waals surface area contributed by atoms with Gasteiger partial charge in [0.15, 0.2) is 0 Å². The van der Waals surface area contributed by atoms with Gasteiger partial charge >= 0.3 is 0 Å². The van der Waals surface area contributed by atoms with Crippen LogP contribution in [0.2, 0.25) is 0 Å². The van der Waals surface area contributed by atoms with Gasteiger partial charge in [0.2, 0.25) is 0 Å². The molecule has 2 aromatic carbocycles. The lowest BCUT2D eigenvalue weighted by molar-refractivity contribution is 1.02. The maximum atomic E-state index is 4.62. The van der Waals surface area contributed by atoms with Crippen molar-refractivity contribution in [2.75, 3.05) is 18.0 Å². The highest BCUT2D eigenvalue weighted by Gasteiger charge is 2.19. The van der Waals surface area contributed by atoms with Crippen molar-refractivity contribution in [3.63, 3.8) is 0 Å². The van der Waals surface area contributed by atoms with E-state index in [0.29, 0.717) is 0 Å². The van der Waals surface area contributed by atoms with Crippen molar-refractivity contribution < 1.29 is 0 Å². The summed E-state index contributed by atoms with van der Waals surface area (Å²) in [6.07, 6.45) is 0. The first-order chi connectivity index (χ1) is 8.84. The first-order valence-electron chi connectivity index (χ1n) is 5.97. The van der Waals surface area contributed by atoms with Crippen molar-refractivity contribution >= 4 is 27.5 Å². The second-order valence-electron chi connectivity index (χ2n) is 4.20. The molecule has 1 aliphatic heterocycles. The number of anilines is 1. The number of amidine groups is 1. The molecule has 3 heteroatoms. The van der Waals surface area contributed by atoms with Crippen LogP contribution in [0, 0.1) is 0 Å². The second kappa shape index (κ2) is 4.94. The highest BCUT2D eigenvalue weighted by molar-refractivity contribution is 9.10. The van der Waals surface area contributed by atoms with E-state index in [-0.39, 0.29) is 0 Å². The van der Waals surface area contributed by atoms with Crippen molar-refractivity contribution in [2.24, 2.45) is 4.99 Å². The molecule has 0 radical (unpaired) electrons. The van der Waals surface area contributed by atoms with Crippen molar-refractivity contribution in [2.45, 2.75) is 0 Å². The van der Waals surface area contributed by atoms with Gasteiger partial charge in [-0.25, -0.2) is 0 Å². The van der Waals surface area contributed by atoms with Crippen LogP contribution in [0.25, 0.3) is 0 Å². The van der Waals surface area contributed by atoms with Crippen LogP contribution in [-0.2, 0) is 0 Å². The van der Waals surface area contributed by atoms with E-state index in [4.69, 9.17) is 0 Å². The Hall–Kier alpha value is -1.61. The van der Waals surface area contributed by atoms with Crippen LogP contribution in [0.3, 0.4) is 0 Å². The zero-order valence-corrected chi connectivity index (χ0v) is 11.5. The molecule has 0 aromatic heterocycles. The predicted octanol–water partition coefficient (Wildman–Crippen LogP) is 3.72. The zero-order chi connectivity index (χ0) is 12.4. The SMILES string of the molecule is Brc1ccc(N2CCN=C2c2ccccc2)cc1. The Morgan fingerprint density at radius 3 is 2.39 bits per heavy atom. The second-order valence-corrected chi connectivity index (χ2v) is 5.12. The number of rotatable bonds is 2. The molecule has 1 aliphatic rings. The summed E-state index contributed by atoms with van der Waals surface area (Å²) in [4.78, 5) is 6.88. The van der Waals surface area contributed by atoms with Gasteiger partial charge in [0.1, 0.15) is 5.84 Å². The van der Waals surface area contributed by atoms with Gasteiger partial charge in [-0.15, -0.1) is 0 Å². The molecule has 3 rings (SSSR count). The van der Waals surface area contributed by atoms with Crippen LogP contribution in [0.4, 0.5) is 5.69 Å². The van der Waals surface area contributed by atoms with Gasteiger partial charge in [0, 0.05) is 22.3 Å². The average Bonchev–Trinajstić information content (AvgIpc) is 2.90. The summed E-state index contributed by atoms with van der Waals surface area (Å²) in [5.41, 5.74) is 2.37. The fourth-order valence-electron chi connectivity index (χ4n) is 2.15. The van der Waals surface area contributed by atoms with Gasteiger partial charge in [-0.1, -0.05) is 46.3 Å². The summed E-state index contributed by atoms with van der Waals surface area (Å²) in [5, 5.41) is 0. The summed E-state index contributed by atoms with van der Waals surface area (Å²) < 4.78 is 1.10. The molecule has 0 bridgehead atoms. The molecular weight excluding hydrogens is 288 g/mol. The minimum Gasteiger partial charge on any atom is -0.324 e. The van der Waals surface area contributed by atoms with Gasteiger partial charge in [0.25, 0.3) is 0 Å². The van der Waals surface area contributed by atoms with Gasteiger partial charge < -0.3 is 4.90 Å². The van der Waals surface area contributed by atoms with Crippen LogP contribution in [-0.4, -0.2) is 18.9 Å². The lowest BCUT2D eigenvalue weighted by atomic mass is 10.2. The zero-order valence-electron chi connectivity index (χ0n) is 9.88. The molecule has 0 fully saturated rings. The molecule has 0 amide bonds. The minimum absolute atomic E-state index is 0.861. The van der Waals surface area contributed by atoms with Gasteiger partial charge in [-0.2, -0.15) is 0 Å². The smallest absolute Gasteiger partial charge is 0.135 e. The Kier molecular flexibility index (Phi) is 3.15. The van der Waals surface area contributed by atoms with Crippen LogP contribution < -0.4 is 4.90 Å². The maximum absolute atomic E-state index is 4.62. The van der Waals surface area contributed by atoms with E-state index in [1.165, 1.54) is 11.3 Å². The molecule has 0 unspecified atom stereocenters. The van der Waals surface area contributed by atoms with Crippen LogP contribution in [0.1, 0.15) is 5.56 Å². The third-order valence-electron chi connectivity index (χ3n) is 3.01.